The van der Waals surface area contributed by atoms with Gasteiger partial charge in [-0.2, -0.15) is 0 Å². The Kier molecular flexibility index (Phi) is 4.78. The molecule has 0 aliphatic carbocycles. The molecule has 132 valence electrons. The Morgan fingerprint density at radius 3 is 2.80 bits per heavy atom. The number of hydrogen-bond donors (Lipinski definition) is 1. The van der Waals surface area contributed by atoms with Gasteiger partial charge in [0.05, 0.1) is 17.8 Å². The number of carboxylic acid groups (broad SMARTS) is 1. The van der Waals surface area contributed by atoms with Crippen LogP contribution in [0.15, 0.2) is 29.1 Å². The number of carboxylic acids is 1. The number of piperidine rings is 1. The Labute approximate surface area is 144 Å². The van der Waals surface area contributed by atoms with Gasteiger partial charge in [-0.25, -0.2) is 4.68 Å². The molecule has 0 bridgehead atoms. The third-order valence-electron chi connectivity index (χ3n) is 4.53. The first kappa shape index (κ1) is 17.1. The quantitative estimate of drug-likeness (QED) is 0.877. The number of carbonyl (C=O) groups excluding carboxylic acids is 1. The van der Waals surface area contributed by atoms with Crippen molar-refractivity contribution in [2.45, 2.75) is 26.3 Å². The third kappa shape index (κ3) is 3.67. The maximum atomic E-state index is 12.4. The molecule has 0 radical (unpaired) electrons. The number of aromatic nitrogens is 3. The van der Waals surface area contributed by atoms with Crippen LogP contribution in [0, 0.1) is 11.8 Å². The lowest BCUT2D eigenvalue weighted by Crippen LogP contribution is -2.46. The van der Waals surface area contributed by atoms with Crippen molar-refractivity contribution in [3.05, 3.63) is 34.6 Å². The number of rotatable bonds is 4. The molecule has 1 amide bonds. The van der Waals surface area contributed by atoms with Gasteiger partial charge in [0, 0.05) is 19.5 Å². The molecule has 1 N–H and O–H groups in total. The summed E-state index contributed by atoms with van der Waals surface area (Å²) in [5, 5.41) is 17.5. The third-order valence-corrected chi connectivity index (χ3v) is 4.53. The minimum absolute atomic E-state index is 0.0893. The highest BCUT2D eigenvalue weighted by atomic mass is 16.4. The van der Waals surface area contributed by atoms with E-state index < -0.39 is 11.9 Å². The largest absolute Gasteiger partial charge is 0.481 e. The van der Waals surface area contributed by atoms with Gasteiger partial charge in [0.1, 0.15) is 5.52 Å². The maximum absolute atomic E-state index is 12.4. The van der Waals surface area contributed by atoms with Crippen LogP contribution in [-0.4, -0.2) is 50.0 Å². The van der Waals surface area contributed by atoms with E-state index >= 15 is 0 Å². The van der Waals surface area contributed by atoms with Crippen LogP contribution < -0.4 is 5.56 Å². The van der Waals surface area contributed by atoms with E-state index in [1.165, 1.54) is 4.68 Å². The molecule has 8 nitrogen and oxygen atoms in total. The minimum atomic E-state index is -0.874. The second-order valence-corrected chi connectivity index (χ2v) is 6.56. The zero-order chi connectivity index (χ0) is 18.0. The van der Waals surface area contributed by atoms with E-state index in [2.05, 4.69) is 10.3 Å². The fraction of sp³-hybridized carbons (Fsp3) is 0.471. The number of nitrogens with zero attached hydrogens (tertiary/aromatic N) is 4. The molecule has 1 aromatic heterocycles. The number of fused-ring (bicyclic) bond motifs is 1. The van der Waals surface area contributed by atoms with Crippen molar-refractivity contribution in [3.8, 4) is 0 Å². The van der Waals surface area contributed by atoms with Crippen LogP contribution in [0.4, 0.5) is 0 Å². The Morgan fingerprint density at radius 1 is 1.28 bits per heavy atom. The zero-order valence-corrected chi connectivity index (χ0v) is 14.0. The van der Waals surface area contributed by atoms with Crippen molar-refractivity contribution >= 4 is 22.8 Å². The van der Waals surface area contributed by atoms with Crippen molar-refractivity contribution in [1.82, 2.24) is 19.9 Å². The molecule has 2 heterocycles. The second kappa shape index (κ2) is 7.00. The molecular formula is C17H20N4O4. The van der Waals surface area contributed by atoms with Crippen LogP contribution in [0.3, 0.4) is 0 Å². The molecule has 1 saturated heterocycles. The molecular weight excluding hydrogens is 324 g/mol. The zero-order valence-electron chi connectivity index (χ0n) is 14.0. The molecule has 2 atom stereocenters. The first-order valence-electron chi connectivity index (χ1n) is 8.29. The fourth-order valence-electron chi connectivity index (χ4n) is 3.26. The molecule has 8 heteroatoms. The monoisotopic (exact) mass is 344 g/mol. The Morgan fingerprint density at radius 2 is 2.04 bits per heavy atom. The SMILES string of the molecule is CC1CC(C(=O)O)CN(C(=O)CCn2nnc3ccccc3c2=O)C1. The van der Waals surface area contributed by atoms with Gasteiger partial charge < -0.3 is 10.0 Å². The number of benzene rings is 1. The summed E-state index contributed by atoms with van der Waals surface area (Å²) in [6.45, 7) is 2.82. The van der Waals surface area contributed by atoms with Gasteiger partial charge in [0.15, 0.2) is 0 Å². The predicted octanol–water partition coefficient (Wildman–Crippen LogP) is 0.751. The van der Waals surface area contributed by atoms with Gasteiger partial charge in [-0.15, -0.1) is 5.10 Å². The lowest BCUT2D eigenvalue weighted by atomic mass is 9.90. The van der Waals surface area contributed by atoms with E-state index in [-0.39, 0.29) is 36.9 Å². The van der Waals surface area contributed by atoms with E-state index in [1.807, 2.05) is 6.92 Å². The van der Waals surface area contributed by atoms with Crippen LogP contribution in [-0.2, 0) is 16.1 Å². The Balaban J connectivity index is 1.69. The van der Waals surface area contributed by atoms with Crippen molar-refractivity contribution in [2.24, 2.45) is 11.8 Å². The van der Waals surface area contributed by atoms with Crippen molar-refractivity contribution in [3.63, 3.8) is 0 Å². The average molecular weight is 344 g/mol. The molecule has 0 spiro atoms. The summed E-state index contributed by atoms with van der Waals surface area (Å²) in [6, 6.07) is 6.91. The van der Waals surface area contributed by atoms with Crippen LogP contribution >= 0.6 is 0 Å². The first-order valence-corrected chi connectivity index (χ1v) is 8.29. The lowest BCUT2D eigenvalue weighted by Gasteiger charge is -2.34. The number of carbonyl (C=O) groups is 2. The summed E-state index contributed by atoms with van der Waals surface area (Å²) in [6.07, 6.45) is 0.667. The maximum Gasteiger partial charge on any atom is 0.308 e. The highest BCUT2D eigenvalue weighted by molar-refractivity contribution is 5.78. The summed E-state index contributed by atoms with van der Waals surface area (Å²) in [4.78, 5) is 37.6. The van der Waals surface area contributed by atoms with Gasteiger partial charge in [-0.05, 0) is 24.5 Å². The summed E-state index contributed by atoms with van der Waals surface area (Å²) >= 11 is 0. The van der Waals surface area contributed by atoms with Gasteiger partial charge in [-0.3, -0.25) is 14.4 Å². The molecule has 25 heavy (non-hydrogen) atoms. The molecule has 0 saturated carbocycles. The van der Waals surface area contributed by atoms with Crippen LogP contribution in [0.5, 0.6) is 0 Å². The minimum Gasteiger partial charge on any atom is -0.481 e. The molecule has 2 aromatic rings. The van der Waals surface area contributed by atoms with Crippen molar-refractivity contribution < 1.29 is 14.7 Å². The smallest absolute Gasteiger partial charge is 0.308 e. The second-order valence-electron chi connectivity index (χ2n) is 6.56. The normalized spacial score (nSPS) is 20.6. The molecule has 1 aromatic carbocycles. The van der Waals surface area contributed by atoms with E-state index in [4.69, 9.17) is 0 Å². The summed E-state index contributed by atoms with van der Waals surface area (Å²) in [5.74, 6) is -1.43. The Hall–Kier alpha value is -2.77. The highest BCUT2D eigenvalue weighted by Crippen LogP contribution is 2.22. The number of amides is 1. The molecule has 2 unspecified atom stereocenters. The predicted molar refractivity (Wildman–Crippen MR) is 89.9 cm³/mol. The van der Waals surface area contributed by atoms with Gasteiger partial charge >= 0.3 is 5.97 Å². The number of aliphatic carboxylic acids is 1. The summed E-state index contributed by atoms with van der Waals surface area (Å²) in [5.41, 5.74) is 0.234. The number of aryl methyl sites for hydroxylation is 1. The van der Waals surface area contributed by atoms with E-state index in [9.17, 15) is 19.5 Å². The van der Waals surface area contributed by atoms with Gasteiger partial charge in [0.2, 0.25) is 5.91 Å². The average Bonchev–Trinajstić information content (AvgIpc) is 2.60. The van der Waals surface area contributed by atoms with E-state index in [1.54, 1.807) is 29.2 Å². The number of hydrogen-bond acceptors (Lipinski definition) is 5. The standard InChI is InChI=1S/C17H20N4O4/c1-11-8-12(17(24)25)10-20(9-11)15(22)6-7-21-16(23)13-4-2-3-5-14(13)18-19-21/h2-5,11-12H,6-10H2,1H3,(H,24,25). The highest BCUT2D eigenvalue weighted by Gasteiger charge is 2.31. The van der Waals surface area contributed by atoms with Gasteiger partial charge in [-0.1, -0.05) is 24.3 Å². The van der Waals surface area contributed by atoms with E-state index in [0.29, 0.717) is 23.9 Å². The number of likely N-dealkylation sites (tertiary alicyclic amines) is 1. The lowest BCUT2D eigenvalue weighted by molar-refractivity contribution is -0.147. The van der Waals surface area contributed by atoms with Crippen LogP contribution in [0.2, 0.25) is 0 Å². The van der Waals surface area contributed by atoms with Crippen molar-refractivity contribution in [1.29, 1.82) is 0 Å². The molecule has 3 rings (SSSR count). The fourth-order valence-corrected chi connectivity index (χ4v) is 3.26. The first-order chi connectivity index (χ1) is 12.0. The molecule has 1 aliphatic rings. The Bertz CT molecular complexity index is 863. The van der Waals surface area contributed by atoms with Crippen molar-refractivity contribution in [2.75, 3.05) is 13.1 Å². The summed E-state index contributed by atoms with van der Waals surface area (Å²) < 4.78 is 1.18. The van der Waals surface area contributed by atoms with Crippen LogP contribution in [0.1, 0.15) is 19.8 Å². The van der Waals surface area contributed by atoms with E-state index in [0.717, 1.165) is 0 Å². The van der Waals surface area contributed by atoms with Gasteiger partial charge in [0.25, 0.3) is 5.56 Å². The summed E-state index contributed by atoms with van der Waals surface area (Å²) in [7, 11) is 0. The molecule has 1 aliphatic heterocycles. The topological polar surface area (TPSA) is 105 Å². The van der Waals surface area contributed by atoms with Crippen LogP contribution in [0.25, 0.3) is 10.9 Å². The molecule has 1 fully saturated rings.